The molecule has 0 spiro atoms. The molecule has 31 heavy (non-hydrogen) atoms. The molecule has 1 heterocycles. The van der Waals surface area contributed by atoms with Crippen LogP contribution in [0, 0.1) is 0 Å². The largest absolute Gasteiger partial charge is 0.322 e. The lowest BCUT2D eigenvalue weighted by Gasteiger charge is -2.25. The minimum Gasteiger partial charge on any atom is -0.322 e. The number of carbonyl (C=O) groups excluding carboxylic acids is 1. The Labute approximate surface area is 183 Å². The molecule has 1 aliphatic heterocycles. The topological polar surface area (TPSA) is 66.5 Å². The van der Waals surface area contributed by atoms with Crippen molar-refractivity contribution < 1.29 is 13.2 Å². The highest BCUT2D eigenvalue weighted by Gasteiger charge is 2.26. The summed E-state index contributed by atoms with van der Waals surface area (Å²) in [5.41, 5.74) is 3.36. The van der Waals surface area contributed by atoms with Crippen molar-refractivity contribution in [1.29, 1.82) is 0 Å². The molecule has 3 aromatic carbocycles. The predicted molar refractivity (Wildman–Crippen MR) is 123 cm³/mol. The second-order valence-corrected chi connectivity index (χ2v) is 9.70. The monoisotopic (exact) mass is 434 g/mol. The van der Waals surface area contributed by atoms with E-state index in [2.05, 4.69) is 17.4 Å². The van der Waals surface area contributed by atoms with Gasteiger partial charge in [0, 0.05) is 24.3 Å². The molecule has 0 unspecified atom stereocenters. The molecular formula is C25H26N2O3S. The number of amides is 1. The number of sulfonamides is 1. The number of piperidine rings is 1. The summed E-state index contributed by atoms with van der Waals surface area (Å²) in [7, 11) is -3.50. The maximum atomic E-state index is 12.8. The number of nitrogens with one attached hydrogen (secondary N) is 1. The van der Waals surface area contributed by atoms with E-state index in [0.717, 1.165) is 36.1 Å². The van der Waals surface area contributed by atoms with Crippen LogP contribution in [0.25, 0.3) is 0 Å². The lowest BCUT2D eigenvalue weighted by molar-refractivity contribution is 0.102. The molecule has 1 fully saturated rings. The Morgan fingerprint density at radius 1 is 0.806 bits per heavy atom. The van der Waals surface area contributed by atoms with Crippen LogP contribution in [0.4, 0.5) is 5.69 Å². The van der Waals surface area contributed by atoms with Gasteiger partial charge in [0.1, 0.15) is 0 Å². The quantitative estimate of drug-likeness (QED) is 0.611. The third-order valence-electron chi connectivity index (χ3n) is 5.57. The van der Waals surface area contributed by atoms with Gasteiger partial charge in [-0.05, 0) is 60.7 Å². The first kappa shape index (κ1) is 21.3. The number of hydrogen-bond acceptors (Lipinski definition) is 3. The molecule has 160 valence electrons. The maximum Gasteiger partial charge on any atom is 0.255 e. The lowest BCUT2D eigenvalue weighted by Crippen LogP contribution is -2.35. The van der Waals surface area contributed by atoms with Crippen molar-refractivity contribution in [3.8, 4) is 0 Å². The molecule has 0 aliphatic carbocycles. The summed E-state index contributed by atoms with van der Waals surface area (Å²) >= 11 is 0. The van der Waals surface area contributed by atoms with E-state index in [9.17, 15) is 13.2 Å². The summed E-state index contributed by atoms with van der Waals surface area (Å²) in [5, 5.41) is 2.97. The van der Waals surface area contributed by atoms with Crippen LogP contribution in [0.15, 0.2) is 83.8 Å². The van der Waals surface area contributed by atoms with Crippen LogP contribution in [0.5, 0.6) is 0 Å². The molecule has 0 atom stereocenters. The van der Waals surface area contributed by atoms with E-state index in [0.29, 0.717) is 25.1 Å². The van der Waals surface area contributed by atoms with Gasteiger partial charge in [-0.2, -0.15) is 4.31 Å². The fourth-order valence-corrected chi connectivity index (χ4v) is 5.36. The molecule has 1 saturated heterocycles. The third-order valence-corrected chi connectivity index (χ3v) is 7.49. The highest BCUT2D eigenvalue weighted by atomic mass is 32.2. The third kappa shape index (κ3) is 5.03. The zero-order valence-electron chi connectivity index (χ0n) is 17.3. The first-order valence-corrected chi connectivity index (χ1v) is 12.0. The molecule has 0 bridgehead atoms. The molecule has 0 radical (unpaired) electrons. The normalized spacial score (nSPS) is 14.8. The Balaban J connectivity index is 1.48. The van der Waals surface area contributed by atoms with Crippen LogP contribution in [0.3, 0.4) is 0 Å². The van der Waals surface area contributed by atoms with Crippen LogP contribution in [-0.4, -0.2) is 31.7 Å². The minimum atomic E-state index is -3.50. The smallest absolute Gasteiger partial charge is 0.255 e. The lowest BCUT2D eigenvalue weighted by atomic mass is 10.0. The zero-order valence-corrected chi connectivity index (χ0v) is 18.1. The maximum absolute atomic E-state index is 12.8. The summed E-state index contributed by atoms with van der Waals surface area (Å²) in [6, 6.07) is 24.0. The van der Waals surface area contributed by atoms with E-state index in [1.165, 1.54) is 16.4 Å². The number of rotatable bonds is 6. The molecule has 0 aromatic heterocycles. The number of anilines is 1. The van der Waals surface area contributed by atoms with Gasteiger partial charge in [-0.15, -0.1) is 0 Å². The second-order valence-electron chi connectivity index (χ2n) is 7.76. The fraction of sp³-hybridized carbons (Fsp3) is 0.240. The minimum absolute atomic E-state index is 0.232. The summed E-state index contributed by atoms with van der Waals surface area (Å²) < 4.78 is 27.1. The Kier molecular flexibility index (Phi) is 6.49. The highest BCUT2D eigenvalue weighted by molar-refractivity contribution is 7.89. The molecule has 3 aromatic rings. The van der Waals surface area contributed by atoms with Gasteiger partial charge in [-0.3, -0.25) is 4.79 Å². The molecule has 0 saturated carbocycles. The van der Waals surface area contributed by atoms with Crippen molar-refractivity contribution in [1.82, 2.24) is 4.31 Å². The van der Waals surface area contributed by atoms with Gasteiger partial charge in [0.2, 0.25) is 10.0 Å². The van der Waals surface area contributed by atoms with Crippen LogP contribution >= 0.6 is 0 Å². The van der Waals surface area contributed by atoms with Gasteiger partial charge in [-0.25, -0.2) is 8.42 Å². The molecule has 1 N–H and O–H groups in total. The molecule has 4 rings (SSSR count). The number of carbonyl (C=O) groups is 1. The van der Waals surface area contributed by atoms with Crippen molar-refractivity contribution in [3.63, 3.8) is 0 Å². The van der Waals surface area contributed by atoms with E-state index in [1.54, 1.807) is 12.1 Å². The summed E-state index contributed by atoms with van der Waals surface area (Å²) in [4.78, 5) is 13.0. The highest BCUT2D eigenvalue weighted by Crippen LogP contribution is 2.23. The molecular weight excluding hydrogens is 408 g/mol. The van der Waals surface area contributed by atoms with Crippen molar-refractivity contribution in [2.45, 2.75) is 30.6 Å². The fourth-order valence-electron chi connectivity index (χ4n) is 3.84. The Hall–Kier alpha value is -2.96. The average molecular weight is 435 g/mol. The summed E-state index contributed by atoms with van der Waals surface area (Å²) in [6.07, 6.45) is 3.56. The first-order valence-electron chi connectivity index (χ1n) is 10.6. The SMILES string of the molecule is O=C(Nc1ccccc1Cc1ccccc1)c1ccc(S(=O)(=O)N2CCCCC2)cc1. The van der Waals surface area contributed by atoms with Gasteiger partial charge < -0.3 is 5.32 Å². The van der Waals surface area contributed by atoms with Crippen LogP contribution in [0.1, 0.15) is 40.7 Å². The van der Waals surface area contributed by atoms with Crippen LogP contribution in [0.2, 0.25) is 0 Å². The van der Waals surface area contributed by atoms with Crippen molar-refractivity contribution in [2.75, 3.05) is 18.4 Å². The number of para-hydroxylation sites is 1. The average Bonchev–Trinajstić information content (AvgIpc) is 2.81. The van der Waals surface area contributed by atoms with Gasteiger partial charge in [0.25, 0.3) is 5.91 Å². The summed E-state index contributed by atoms with van der Waals surface area (Å²) in [5.74, 6) is -0.262. The van der Waals surface area contributed by atoms with E-state index in [-0.39, 0.29) is 10.8 Å². The van der Waals surface area contributed by atoms with Gasteiger partial charge in [0.15, 0.2) is 0 Å². The number of benzene rings is 3. The van der Waals surface area contributed by atoms with Gasteiger partial charge in [-0.1, -0.05) is 55.0 Å². The number of hydrogen-bond donors (Lipinski definition) is 1. The van der Waals surface area contributed by atoms with Gasteiger partial charge in [0.05, 0.1) is 4.90 Å². The second kappa shape index (κ2) is 9.45. The van der Waals surface area contributed by atoms with Crippen LogP contribution in [-0.2, 0) is 16.4 Å². The molecule has 6 heteroatoms. The van der Waals surface area contributed by atoms with E-state index in [1.807, 2.05) is 42.5 Å². The first-order chi connectivity index (χ1) is 15.0. The zero-order chi connectivity index (χ0) is 21.7. The molecule has 5 nitrogen and oxygen atoms in total. The van der Waals surface area contributed by atoms with Gasteiger partial charge >= 0.3 is 0 Å². The Bertz CT molecular complexity index is 1140. The standard InChI is InChI=1S/C25H26N2O3S/c28-25(26-24-12-6-5-11-22(24)19-20-9-3-1-4-10-20)21-13-15-23(16-14-21)31(29,30)27-17-7-2-8-18-27/h1,3-6,9-16H,2,7-8,17-19H2,(H,26,28). The van der Waals surface area contributed by atoms with E-state index in [4.69, 9.17) is 0 Å². The van der Waals surface area contributed by atoms with E-state index < -0.39 is 10.0 Å². The molecule has 1 amide bonds. The molecule has 1 aliphatic rings. The van der Waals surface area contributed by atoms with E-state index >= 15 is 0 Å². The van der Waals surface area contributed by atoms with Crippen molar-refractivity contribution in [2.24, 2.45) is 0 Å². The number of nitrogens with zero attached hydrogens (tertiary/aromatic N) is 1. The Morgan fingerprint density at radius 2 is 1.45 bits per heavy atom. The van der Waals surface area contributed by atoms with Crippen molar-refractivity contribution >= 4 is 21.6 Å². The Morgan fingerprint density at radius 3 is 2.16 bits per heavy atom. The van der Waals surface area contributed by atoms with Crippen LogP contribution < -0.4 is 5.32 Å². The summed E-state index contributed by atoms with van der Waals surface area (Å²) in [6.45, 7) is 1.12. The predicted octanol–water partition coefficient (Wildman–Crippen LogP) is 4.70. The van der Waals surface area contributed by atoms with Crippen molar-refractivity contribution in [3.05, 3.63) is 95.6 Å².